The zero-order valence-electron chi connectivity index (χ0n) is 14.4. The van der Waals surface area contributed by atoms with Gasteiger partial charge in [0.25, 0.3) is 0 Å². The van der Waals surface area contributed by atoms with Gasteiger partial charge in [0.1, 0.15) is 0 Å². The summed E-state index contributed by atoms with van der Waals surface area (Å²) in [5.41, 5.74) is 4.14. The SMILES string of the molecule is Cc1ccc(N2C[C@@H](NC(=O)Cc3ccc(Cl)cc3)CC2=O)cc1C. The molecule has 0 radical (unpaired) electrons. The third kappa shape index (κ3) is 4.20. The van der Waals surface area contributed by atoms with Crippen molar-refractivity contribution in [3.63, 3.8) is 0 Å². The Morgan fingerprint density at radius 2 is 1.88 bits per heavy atom. The Morgan fingerprint density at radius 3 is 2.56 bits per heavy atom. The molecule has 0 saturated carbocycles. The first kappa shape index (κ1) is 17.5. The molecule has 2 aromatic rings. The van der Waals surface area contributed by atoms with E-state index in [2.05, 4.69) is 5.32 Å². The molecule has 0 aromatic heterocycles. The van der Waals surface area contributed by atoms with Crippen LogP contribution in [0.25, 0.3) is 0 Å². The minimum Gasteiger partial charge on any atom is -0.351 e. The monoisotopic (exact) mass is 356 g/mol. The third-order valence-corrected chi connectivity index (χ3v) is 4.82. The van der Waals surface area contributed by atoms with Gasteiger partial charge >= 0.3 is 0 Å². The molecule has 3 rings (SSSR count). The predicted octanol–water partition coefficient (Wildman–Crippen LogP) is 3.42. The van der Waals surface area contributed by atoms with Gasteiger partial charge < -0.3 is 10.2 Å². The van der Waals surface area contributed by atoms with Gasteiger partial charge in [0.2, 0.25) is 11.8 Å². The van der Waals surface area contributed by atoms with E-state index in [0.29, 0.717) is 18.0 Å². The lowest BCUT2D eigenvalue weighted by Crippen LogP contribution is -2.38. The summed E-state index contributed by atoms with van der Waals surface area (Å²) < 4.78 is 0. The van der Waals surface area contributed by atoms with Gasteiger partial charge in [-0.2, -0.15) is 0 Å². The van der Waals surface area contributed by atoms with Crippen molar-refractivity contribution < 1.29 is 9.59 Å². The number of hydrogen-bond acceptors (Lipinski definition) is 2. The standard InChI is InChI=1S/C20H21ClN2O2/c1-13-3-8-18(9-14(13)2)23-12-17(11-20(23)25)22-19(24)10-15-4-6-16(21)7-5-15/h3-9,17H,10-12H2,1-2H3,(H,22,24)/t17-/m0/s1. The van der Waals surface area contributed by atoms with Crippen molar-refractivity contribution in [3.8, 4) is 0 Å². The van der Waals surface area contributed by atoms with Crippen molar-refractivity contribution >= 4 is 29.1 Å². The molecule has 1 N–H and O–H groups in total. The molecular formula is C20H21ClN2O2. The van der Waals surface area contributed by atoms with Crippen LogP contribution in [0.15, 0.2) is 42.5 Å². The molecule has 0 spiro atoms. The van der Waals surface area contributed by atoms with Crippen LogP contribution in [0.5, 0.6) is 0 Å². The van der Waals surface area contributed by atoms with Gasteiger partial charge in [0.05, 0.1) is 12.5 Å². The molecule has 1 heterocycles. The first-order valence-electron chi connectivity index (χ1n) is 8.34. The second-order valence-electron chi connectivity index (χ2n) is 6.54. The first-order valence-corrected chi connectivity index (χ1v) is 8.71. The van der Waals surface area contributed by atoms with Gasteiger partial charge in [-0.25, -0.2) is 0 Å². The first-order chi connectivity index (χ1) is 11.9. The number of hydrogen-bond donors (Lipinski definition) is 1. The molecule has 1 fully saturated rings. The molecule has 0 bridgehead atoms. The van der Waals surface area contributed by atoms with Crippen molar-refractivity contribution in [2.75, 3.05) is 11.4 Å². The fourth-order valence-electron chi connectivity index (χ4n) is 3.01. The van der Waals surface area contributed by atoms with Crippen LogP contribution in [-0.4, -0.2) is 24.4 Å². The molecular weight excluding hydrogens is 336 g/mol. The number of nitrogens with one attached hydrogen (secondary N) is 1. The summed E-state index contributed by atoms with van der Waals surface area (Å²) in [5, 5.41) is 3.61. The van der Waals surface area contributed by atoms with Crippen LogP contribution in [-0.2, 0) is 16.0 Å². The number of aryl methyl sites for hydroxylation is 2. The van der Waals surface area contributed by atoms with Crippen molar-refractivity contribution in [2.24, 2.45) is 0 Å². The minimum absolute atomic E-state index is 0.0417. The number of anilines is 1. The summed E-state index contributed by atoms with van der Waals surface area (Å²) in [5.74, 6) is -0.0397. The normalized spacial score (nSPS) is 17.0. The largest absolute Gasteiger partial charge is 0.351 e. The molecule has 0 aliphatic carbocycles. The van der Waals surface area contributed by atoms with Gasteiger partial charge in [-0.05, 0) is 54.8 Å². The van der Waals surface area contributed by atoms with Crippen molar-refractivity contribution in [2.45, 2.75) is 32.7 Å². The van der Waals surface area contributed by atoms with Crippen LogP contribution in [0.2, 0.25) is 5.02 Å². The van der Waals surface area contributed by atoms with E-state index in [1.165, 1.54) is 5.56 Å². The van der Waals surface area contributed by atoms with Crippen LogP contribution >= 0.6 is 11.6 Å². The Balaban J connectivity index is 1.61. The van der Waals surface area contributed by atoms with Crippen molar-refractivity contribution in [3.05, 3.63) is 64.2 Å². The summed E-state index contributed by atoms with van der Waals surface area (Å²) >= 11 is 5.85. The molecule has 2 amide bonds. The van der Waals surface area contributed by atoms with E-state index in [1.54, 1.807) is 17.0 Å². The van der Waals surface area contributed by atoms with Gasteiger partial charge in [-0.15, -0.1) is 0 Å². The lowest BCUT2D eigenvalue weighted by molar-refractivity contribution is -0.121. The highest BCUT2D eigenvalue weighted by atomic mass is 35.5. The van der Waals surface area contributed by atoms with Crippen LogP contribution < -0.4 is 10.2 Å². The lowest BCUT2D eigenvalue weighted by Gasteiger charge is -2.18. The van der Waals surface area contributed by atoms with Gasteiger partial charge in [-0.3, -0.25) is 9.59 Å². The molecule has 2 aromatic carbocycles. The highest BCUT2D eigenvalue weighted by Crippen LogP contribution is 2.24. The topological polar surface area (TPSA) is 49.4 Å². The Kier molecular flexibility index (Phi) is 5.09. The zero-order valence-corrected chi connectivity index (χ0v) is 15.1. The van der Waals surface area contributed by atoms with E-state index < -0.39 is 0 Å². The molecule has 130 valence electrons. The molecule has 1 saturated heterocycles. The van der Waals surface area contributed by atoms with E-state index in [-0.39, 0.29) is 24.3 Å². The van der Waals surface area contributed by atoms with Crippen LogP contribution in [0.4, 0.5) is 5.69 Å². The quantitative estimate of drug-likeness (QED) is 0.912. The van der Waals surface area contributed by atoms with E-state index in [0.717, 1.165) is 16.8 Å². The molecule has 25 heavy (non-hydrogen) atoms. The zero-order chi connectivity index (χ0) is 18.0. The van der Waals surface area contributed by atoms with Crippen LogP contribution in [0.3, 0.4) is 0 Å². The predicted molar refractivity (Wildman–Crippen MR) is 100.0 cm³/mol. The number of rotatable bonds is 4. The number of benzene rings is 2. The fourth-order valence-corrected chi connectivity index (χ4v) is 3.14. The lowest BCUT2D eigenvalue weighted by atomic mass is 10.1. The maximum absolute atomic E-state index is 12.3. The summed E-state index contributed by atoms with van der Waals surface area (Å²) in [4.78, 5) is 26.3. The number of carbonyl (C=O) groups excluding carboxylic acids is 2. The van der Waals surface area contributed by atoms with E-state index >= 15 is 0 Å². The molecule has 1 aliphatic rings. The van der Waals surface area contributed by atoms with E-state index in [1.807, 2.05) is 44.2 Å². The Hall–Kier alpha value is -2.33. The van der Waals surface area contributed by atoms with E-state index in [9.17, 15) is 9.59 Å². The fraction of sp³-hybridized carbons (Fsp3) is 0.300. The van der Waals surface area contributed by atoms with Crippen molar-refractivity contribution in [1.29, 1.82) is 0 Å². The Morgan fingerprint density at radius 1 is 1.16 bits per heavy atom. The molecule has 0 unspecified atom stereocenters. The Labute approximate surface area is 152 Å². The van der Waals surface area contributed by atoms with Crippen LogP contribution in [0, 0.1) is 13.8 Å². The summed E-state index contributed by atoms with van der Waals surface area (Å²) in [6.45, 7) is 4.59. The second-order valence-corrected chi connectivity index (χ2v) is 6.98. The highest BCUT2D eigenvalue weighted by molar-refractivity contribution is 6.30. The molecule has 1 atom stereocenters. The Bertz CT molecular complexity index is 802. The van der Waals surface area contributed by atoms with Crippen molar-refractivity contribution in [1.82, 2.24) is 5.32 Å². The summed E-state index contributed by atoms with van der Waals surface area (Å²) in [6.07, 6.45) is 0.616. The highest BCUT2D eigenvalue weighted by Gasteiger charge is 2.31. The number of halogens is 1. The molecule has 4 nitrogen and oxygen atoms in total. The average molecular weight is 357 g/mol. The summed E-state index contributed by atoms with van der Waals surface area (Å²) in [7, 11) is 0. The second kappa shape index (κ2) is 7.28. The molecule has 5 heteroatoms. The number of nitrogens with zero attached hydrogens (tertiary/aromatic N) is 1. The third-order valence-electron chi connectivity index (χ3n) is 4.57. The van der Waals surface area contributed by atoms with E-state index in [4.69, 9.17) is 11.6 Å². The van der Waals surface area contributed by atoms with Gasteiger partial charge in [0, 0.05) is 23.7 Å². The maximum Gasteiger partial charge on any atom is 0.229 e. The number of carbonyl (C=O) groups is 2. The maximum atomic E-state index is 12.3. The average Bonchev–Trinajstić information content (AvgIpc) is 2.92. The minimum atomic E-state index is -0.158. The van der Waals surface area contributed by atoms with Crippen LogP contribution in [0.1, 0.15) is 23.1 Å². The smallest absolute Gasteiger partial charge is 0.229 e. The van der Waals surface area contributed by atoms with Gasteiger partial charge in [0.15, 0.2) is 0 Å². The molecule has 1 aliphatic heterocycles. The number of amides is 2. The van der Waals surface area contributed by atoms with Gasteiger partial charge in [-0.1, -0.05) is 29.8 Å². The summed E-state index contributed by atoms with van der Waals surface area (Å²) in [6, 6.07) is 13.0.